The van der Waals surface area contributed by atoms with Crippen LogP contribution in [0, 0.1) is 0 Å². The van der Waals surface area contributed by atoms with Gasteiger partial charge in [-0.1, -0.05) is 27.7 Å². The molecule has 0 saturated heterocycles. The molecule has 2 atom stereocenters. The van der Waals surface area contributed by atoms with Crippen LogP contribution in [0.15, 0.2) is 0 Å². The minimum atomic E-state index is -0.700. The highest BCUT2D eigenvalue weighted by Crippen LogP contribution is 2.03. The van der Waals surface area contributed by atoms with Crippen LogP contribution in [0.1, 0.15) is 72.6 Å². The summed E-state index contributed by atoms with van der Waals surface area (Å²) in [5, 5.41) is 14.0. The van der Waals surface area contributed by atoms with Gasteiger partial charge in [0.1, 0.15) is 13.1 Å². The Morgan fingerprint density at radius 1 is 0.667 bits per heavy atom. The third-order valence-electron chi connectivity index (χ3n) is 6.05. The number of rotatable bonds is 23. The Hall–Kier alpha value is -3.46. The first-order valence-electron chi connectivity index (χ1n) is 14.5. The lowest BCUT2D eigenvalue weighted by Gasteiger charge is -2.22. The summed E-state index contributed by atoms with van der Waals surface area (Å²) in [4.78, 5) is 73.4. The molecule has 0 heterocycles. The van der Waals surface area contributed by atoms with E-state index in [-0.39, 0.29) is 38.1 Å². The summed E-state index contributed by atoms with van der Waals surface area (Å²) in [5.41, 5.74) is 10.8. The van der Waals surface area contributed by atoms with E-state index in [9.17, 15) is 28.8 Å². The van der Waals surface area contributed by atoms with Crippen LogP contribution in [-0.2, 0) is 28.7 Å². The van der Waals surface area contributed by atoms with E-state index < -0.39 is 47.7 Å². The molecule has 0 rings (SSSR count). The Kier molecular flexibility index (Phi) is 20.4. The second kappa shape index (κ2) is 22.2. The van der Waals surface area contributed by atoms with Crippen LogP contribution in [0.2, 0.25) is 0 Å². The molecule has 0 aromatic carbocycles. The fourth-order valence-electron chi connectivity index (χ4n) is 4.02. The molecule has 0 radical (unpaired) electrons. The number of hydrogen-bond donors (Lipinski definition) is 7. The number of nitrogens with one attached hydrogen (secondary N) is 5. The number of alkyl carbamates (subject to hydrolysis) is 1. The van der Waals surface area contributed by atoms with Crippen LogP contribution < -0.4 is 38.1 Å². The second-order valence-electron chi connectivity index (χ2n) is 10.7. The van der Waals surface area contributed by atoms with Crippen molar-refractivity contribution in [2.45, 2.75) is 96.8 Å². The number of unbranched alkanes of at least 4 members (excludes halogenated alkanes) is 2. The topological polar surface area (TPSA) is 227 Å². The average Bonchev–Trinajstić information content (AvgIpc) is 2.90. The number of methoxy groups -OCH3 is 1. The van der Waals surface area contributed by atoms with E-state index in [0.29, 0.717) is 51.6 Å². The maximum absolute atomic E-state index is 12.8. The molecule has 15 heteroatoms. The maximum atomic E-state index is 12.8. The smallest absolute Gasteiger partial charge is 0.406 e. The molecule has 0 aliphatic rings. The molecule has 0 aliphatic carbocycles. The van der Waals surface area contributed by atoms with Crippen LogP contribution in [0.25, 0.3) is 0 Å². The van der Waals surface area contributed by atoms with Gasteiger partial charge >= 0.3 is 6.09 Å². The number of nitrogens with zero attached hydrogens (tertiary/aromatic N) is 1. The van der Waals surface area contributed by atoms with E-state index >= 15 is 0 Å². The van der Waals surface area contributed by atoms with Gasteiger partial charge in [0.05, 0.1) is 19.2 Å². The predicted octanol–water partition coefficient (Wildman–Crippen LogP) is -1.16. The summed E-state index contributed by atoms with van der Waals surface area (Å²) in [6, 6.07) is -0.696. The zero-order chi connectivity index (χ0) is 32.1. The normalized spacial score (nSPS) is 12.4. The van der Waals surface area contributed by atoms with E-state index in [0.717, 1.165) is 4.90 Å². The van der Waals surface area contributed by atoms with Gasteiger partial charge in [-0.25, -0.2) is 4.79 Å². The van der Waals surface area contributed by atoms with Crippen LogP contribution in [-0.4, -0.2) is 105 Å². The SMILES string of the molecule is COC(=O)NCCC(=O)N(CC(=O)NCCCCC(NC(C)C)C(N)=O)CC(=O)NCCCCC(NC(C)C)C(N)=O. The van der Waals surface area contributed by atoms with Crippen molar-refractivity contribution >= 4 is 35.6 Å². The van der Waals surface area contributed by atoms with Gasteiger partial charge in [-0.15, -0.1) is 0 Å². The molecule has 0 fully saturated rings. The second-order valence-corrected chi connectivity index (χ2v) is 10.7. The molecular weight excluding hydrogens is 548 g/mol. The summed E-state index contributed by atoms with van der Waals surface area (Å²) >= 11 is 0. The zero-order valence-electron chi connectivity index (χ0n) is 25.8. The third kappa shape index (κ3) is 19.6. The first-order valence-corrected chi connectivity index (χ1v) is 14.5. The maximum Gasteiger partial charge on any atom is 0.406 e. The van der Waals surface area contributed by atoms with E-state index in [4.69, 9.17) is 11.5 Å². The monoisotopic (exact) mass is 600 g/mol. The van der Waals surface area contributed by atoms with Crippen molar-refractivity contribution in [1.82, 2.24) is 31.5 Å². The standard InChI is InChI=1S/C27H52N8O7/c1-18(2)33-20(25(28)39)10-6-8-13-30-22(36)16-35(24(38)12-15-32-27(41)42-5)17-23(37)31-14-9-7-11-21(26(29)40)34-19(3)4/h18-21,33-34H,6-17H2,1-5H3,(H2,28,39)(H2,29,40)(H,30,36)(H,31,37)(H,32,41). The van der Waals surface area contributed by atoms with Crippen molar-refractivity contribution < 1.29 is 33.5 Å². The van der Waals surface area contributed by atoms with E-state index in [1.54, 1.807) is 0 Å². The van der Waals surface area contributed by atoms with Crippen molar-refractivity contribution in [2.24, 2.45) is 11.5 Å². The lowest BCUT2D eigenvalue weighted by molar-refractivity contribution is -0.139. The van der Waals surface area contributed by atoms with Gasteiger partial charge in [0.25, 0.3) is 0 Å². The molecular formula is C27H52N8O7. The number of carbonyl (C=O) groups is 6. The molecule has 42 heavy (non-hydrogen) atoms. The van der Waals surface area contributed by atoms with Gasteiger partial charge in [-0.05, 0) is 38.5 Å². The van der Waals surface area contributed by atoms with Gasteiger partial charge in [-0.3, -0.25) is 24.0 Å². The van der Waals surface area contributed by atoms with Crippen molar-refractivity contribution in [3.63, 3.8) is 0 Å². The fourth-order valence-corrected chi connectivity index (χ4v) is 4.02. The number of carbonyl (C=O) groups excluding carboxylic acids is 6. The lowest BCUT2D eigenvalue weighted by Crippen LogP contribution is -2.47. The molecule has 15 nitrogen and oxygen atoms in total. The molecule has 0 spiro atoms. The first-order chi connectivity index (χ1) is 19.8. The van der Waals surface area contributed by atoms with Crippen molar-refractivity contribution in [3.8, 4) is 0 Å². The molecule has 9 N–H and O–H groups in total. The van der Waals surface area contributed by atoms with Gasteiger partial charge in [0, 0.05) is 38.1 Å². The van der Waals surface area contributed by atoms with Gasteiger partial charge in [0.15, 0.2) is 0 Å². The number of primary amides is 2. The molecule has 0 aromatic rings. The number of amides is 6. The van der Waals surface area contributed by atoms with Crippen LogP contribution in [0.5, 0.6) is 0 Å². The molecule has 0 aromatic heterocycles. The average molecular weight is 601 g/mol. The van der Waals surface area contributed by atoms with Crippen molar-refractivity contribution in [1.29, 1.82) is 0 Å². The largest absolute Gasteiger partial charge is 0.453 e. The van der Waals surface area contributed by atoms with E-state index in [2.05, 4.69) is 31.3 Å². The Labute approximate surface area is 248 Å². The van der Waals surface area contributed by atoms with Gasteiger partial charge in [-0.2, -0.15) is 0 Å². The lowest BCUT2D eigenvalue weighted by atomic mass is 10.1. The summed E-state index contributed by atoms with van der Waals surface area (Å²) in [6.45, 7) is 7.61. The van der Waals surface area contributed by atoms with Crippen LogP contribution in [0.3, 0.4) is 0 Å². The van der Waals surface area contributed by atoms with Crippen molar-refractivity contribution in [2.75, 3.05) is 39.8 Å². The number of nitrogens with two attached hydrogens (primary N) is 2. The summed E-state index contributed by atoms with van der Waals surface area (Å²) < 4.78 is 4.48. The first kappa shape index (κ1) is 38.5. The van der Waals surface area contributed by atoms with E-state index in [1.165, 1.54) is 7.11 Å². The Morgan fingerprint density at radius 3 is 1.45 bits per heavy atom. The van der Waals surface area contributed by atoms with Crippen molar-refractivity contribution in [3.05, 3.63) is 0 Å². The van der Waals surface area contributed by atoms with Crippen LogP contribution in [0.4, 0.5) is 4.79 Å². The molecule has 0 bridgehead atoms. The molecule has 2 unspecified atom stereocenters. The van der Waals surface area contributed by atoms with E-state index in [1.807, 2.05) is 27.7 Å². The predicted molar refractivity (Wildman–Crippen MR) is 158 cm³/mol. The highest BCUT2D eigenvalue weighted by Gasteiger charge is 2.21. The molecule has 0 saturated carbocycles. The number of ether oxygens (including phenoxy) is 1. The minimum absolute atomic E-state index is 0.0257. The Bertz CT molecular complexity index is 817. The number of hydrogen-bond acceptors (Lipinski definition) is 9. The highest BCUT2D eigenvalue weighted by atomic mass is 16.5. The Morgan fingerprint density at radius 2 is 1.10 bits per heavy atom. The summed E-state index contributed by atoms with van der Waals surface area (Å²) in [5.74, 6) is -2.25. The zero-order valence-corrected chi connectivity index (χ0v) is 25.8. The van der Waals surface area contributed by atoms with Gasteiger partial charge in [0.2, 0.25) is 29.5 Å². The molecule has 6 amide bonds. The summed E-state index contributed by atoms with van der Waals surface area (Å²) in [7, 11) is 1.20. The molecule has 0 aliphatic heterocycles. The quantitative estimate of drug-likeness (QED) is 0.0701. The summed E-state index contributed by atoms with van der Waals surface area (Å²) in [6.07, 6.45) is 2.69. The highest BCUT2D eigenvalue weighted by molar-refractivity contribution is 5.89. The third-order valence-corrected chi connectivity index (χ3v) is 6.05. The van der Waals surface area contributed by atoms with Gasteiger partial charge < -0.3 is 47.7 Å². The van der Waals surface area contributed by atoms with Crippen LogP contribution >= 0.6 is 0 Å². The molecule has 242 valence electrons. The Balaban J connectivity index is 4.79. The minimum Gasteiger partial charge on any atom is -0.453 e. The fraction of sp³-hybridized carbons (Fsp3) is 0.778.